The molecule has 16 heavy (non-hydrogen) atoms. The van der Waals surface area contributed by atoms with E-state index in [1.165, 1.54) is 6.21 Å². The van der Waals surface area contributed by atoms with E-state index in [4.69, 9.17) is 5.21 Å². The smallest absolute Gasteiger partial charge is 0.131 e. The minimum atomic E-state index is 0.818. The Morgan fingerprint density at radius 2 is 2.25 bits per heavy atom. The van der Waals surface area contributed by atoms with E-state index in [1.807, 2.05) is 13.0 Å². The third-order valence-electron chi connectivity index (χ3n) is 2.70. The molecule has 1 aliphatic rings. The Bertz CT molecular complexity index is 386. The number of hydrogen-bond acceptors (Lipinski definition) is 5. The molecule has 86 valence electrons. The number of nitrogens with one attached hydrogen (secondary N) is 1. The maximum Gasteiger partial charge on any atom is 0.131 e. The van der Waals surface area contributed by atoms with Crippen molar-refractivity contribution in [1.82, 2.24) is 10.3 Å². The predicted octanol–water partition coefficient (Wildman–Crippen LogP) is 0.608. The van der Waals surface area contributed by atoms with Crippen molar-refractivity contribution >= 4 is 12.0 Å². The lowest BCUT2D eigenvalue weighted by atomic mass is 10.2. The Morgan fingerprint density at radius 3 is 2.88 bits per heavy atom. The van der Waals surface area contributed by atoms with E-state index in [2.05, 4.69) is 20.4 Å². The second-order valence-corrected chi connectivity index (χ2v) is 3.89. The fraction of sp³-hybridized carbons (Fsp3) is 0.455. The summed E-state index contributed by atoms with van der Waals surface area (Å²) in [6, 6.07) is 1.98. The number of oxime groups is 1. The highest BCUT2D eigenvalue weighted by atomic mass is 16.4. The van der Waals surface area contributed by atoms with Crippen LogP contribution in [-0.2, 0) is 0 Å². The molecule has 0 unspecified atom stereocenters. The maximum atomic E-state index is 8.45. The molecule has 0 aliphatic carbocycles. The monoisotopic (exact) mass is 220 g/mol. The molecule has 0 bridgehead atoms. The van der Waals surface area contributed by atoms with Crippen molar-refractivity contribution in [2.45, 2.75) is 6.92 Å². The van der Waals surface area contributed by atoms with Crippen LogP contribution in [0.15, 0.2) is 17.4 Å². The van der Waals surface area contributed by atoms with Crippen LogP contribution in [0.1, 0.15) is 11.1 Å². The summed E-state index contributed by atoms with van der Waals surface area (Å²) in [5.74, 6) is 1.02. The van der Waals surface area contributed by atoms with E-state index in [9.17, 15) is 0 Å². The van der Waals surface area contributed by atoms with Crippen LogP contribution in [0, 0.1) is 6.92 Å². The molecule has 0 aromatic carbocycles. The molecule has 0 amide bonds. The fourth-order valence-corrected chi connectivity index (χ4v) is 1.93. The van der Waals surface area contributed by atoms with Crippen molar-refractivity contribution in [3.05, 3.63) is 23.4 Å². The van der Waals surface area contributed by atoms with E-state index in [0.717, 1.165) is 43.1 Å². The van der Waals surface area contributed by atoms with E-state index < -0.39 is 0 Å². The van der Waals surface area contributed by atoms with Gasteiger partial charge in [-0.1, -0.05) is 5.16 Å². The quantitative estimate of drug-likeness (QED) is 0.435. The molecule has 2 rings (SSSR count). The van der Waals surface area contributed by atoms with Crippen LogP contribution in [-0.4, -0.2) is 42.6 Å². The minimum absolute atomic E-state index is 0.818. The van der Waals surface area contributed by atoms with Crippen LogP contribution >= 0.6 is 0 Å². The molecule has 1 fully saturated rings. The van der Waals surface area contributed by atoms with Crippen molar-refractivity contribution in [2.75, 3.05) is 31.1 Å². The van der Waals surface area contributed by atoms with E-state index in [0.29, 0.717) is 0 Å². The number of aromatic nitrogens is 1. The molecular weight excluding hydrogens is 204 g/mol. The summed E-state index contributed by atoms with van der Waals surface area (Å²) in [5, 5.41) is 14.8. The van der Waals surface area contributed by atoms with Gasteiger partial charge in [0.2, 0.25) is 0 Å². The normalized spacial score (nSPS) is 16.9. The lowest BCUT2D eigenvalue weighted by Crippen LogP contribution is -2.44. The molecule has 0 atom stereocenters. The van der Waals surface area contributed by atoms with Gasteiger partial charge >= 0.3 is 0 Å². The fourth-order valence-electron chi connectivity index (χ4n) is 1.93. The van der Waals surface area contributed by atoms with Crippen molar-refractivity contribution in [3.8, 4) is 0 Å². The number of hydrogen-bond donors (Lipinski definition) is 2. The van der Waals surface area contributed by atoms with Crippen LogP contribution < -0.4 is 10.2 Å². The number of pyridine rings is 1. The third-order valence-corrected chi connectivity index (χ3v) is 2.70. The molecule has 2 heterocycles. The first-order valence-corrected chi connectivity index (χ1v) is 5.41. The Kier molecular flexibility index (Phi) is 3.36. The summed E-state index contributed by atoms with van der Waals surface area (Å²) >= 11 is 0. The predicted molar refractivity (Wildman–Crippen MR) is 63.4 cm³/mol. The number of nitrogens with zero attached hydrogens (tertiary/aromatic N) is 3. The van der Waals surface area contributed by atoms with Gasteiger partial charge in [-0.3, -0.25) is 0 Å². The molecule has 1 saturated heterocycles. The largest absolute Gasteiger partial charge is 0.411 e. The van der Waals surface area contributed by atoms with Gasteiger partial charge in [0.05, 0.1) is 6.21 Å². The summed E-state index contributed by atoms with van der Waals surface area (Å²) in [5.41, 5.74) is 1.93. The molecule has 1 aromatic rings. The molecule has 1 aromatic heterocycles. The van der Waals surface area contributed by atoms with Crippen molar-refractivity contribution < 1.29 is 5.21 Å². The molecule has 5 heteroatoms. The highest BCUT2D eigenvalue weighted by molar-refractivity contribution is 5.79. The summed E-state index contributed by atoms with van der Waals surface area (Å²) in [6.45, 7) is 6.00. The molecule has 0 saturated carbocycles. The van der Waals surface area contributed by atoms with Gasteiger partial charge < -0.3 is 15.4 Å². The number of rotatable bonds is 2. The molecule has 0 spiro atoms. The zero-order chi connectivity index (χ0) is 11.4. The lowest BCUT2D eigenvalue weighted by molar-refractivity contribution is 0.322. The van der Waals surface area contributed by atoms with Gasteiger partial charge in [-0.2, -0.15) is 0 Å². The summed E-state index contributed by atoms with van der Waals surface area (Å²) in [4.78, 5) is 6.69. The lowest BCUT2D eigenvalue weighted by Gasteiger charge is -2.29. The summed E-state index contributed by atoms with van der Waals surface area (Å²) in [6.07, 6.45) is 3.12. The average Bonchev–Trinajstić information content (AvgIpc) is 2.31. The SMILES string of the molecule is Cc1cc(C=NO)cnc1N1CCNCC1. The van der Waals surface area contributed by atoms with Gasteiger partial charge in [0.1, 0.15) is 5.82 Å². The third kappa shape index (κ3) is 2.30. The number of aryl methyl sites for hydroxylation is 1. The molecule has 0 radical (unpaired) electrons. The molecule has 1 aliphatic heterocycles. The minimum Gasteiger partial charge on any atom is -0.411 e. The first kappa shape index (κ1) is 10.9. The van der Waals surface area contributed by atoms with Crippen LogP contribution in [0.25, 0.3) is 0 Å². The van der Waals surface area contributed by atoms with Gasteiger partial charge in [-0.05, 0) is 18.6 Å². The Hall–Kier alpha value is -1.62. The van der Waals surface area contributed by atoms with Gasteiger partial charge in [-0.25, -0.2) is 4.98 Å². The second-order valence-electron chi connectivity index (χ2n) is 3.89. The topological polar surface area (TPSA) is 60.8 Å². The Morgan fingerprint density at radius 1 is 1.50 bits per heavy atom. The van der Waals surface area contributed by atoms with E-state index in [-0.39, 0.29) is 0 Å². The zero-order valence-electron chi connectivity index (χ0n) is 9.35. The standard InChI is InChI=1S/C11H16N4O/c1-9-6-10(8-14-16)7-13-11(9)15-4-2-12-3-5-15/h6-8,12,16H,2-5H2,1H3. The zero-order valence-corrected chi connectivity index (χ0v) is 9.35. The summed E-state index contributed by atoms with van der Waals surface area (Å²) < 4.78 is 0. The van der Waals surface area contributed by atoms with Crippen LogP contribution in [0.2, 0.25) is 0 Å². The molecular formula is C11H16N4O. The van der Waals surface area contributed by atoms with Crippen molar-refractivity contribution in [1.29, 1.82) is 0 Å². The van der Waals surface area contributed by atoms with Gasteiger partial charge in [0.15, 0.2) is 0 Å². The van der Waals surface area contributed by atoms with Crippen molar-refractivity contribution in [3.63, 3.8) is 0 Å². The number of anilines is 1. The van der Waals surface area contributed by atoms with Gasteiger partial charge in [0, 0.05) is 37.9 Å². The van der Waals surface area contributed by atoms with Crippen LogP contribution in [0.3, 0.4) is 0 Å². The van der Waals surface area contributed by atoms with Crippen LogP contribution in [0.5, 0.6) is 0 Å². The molecule has 5 nitrogen and oxygen atoms in total. The number of piperazine rings is 1. The molecule has 2 N–H and O–H groups in total. The van der Waals surface area contributed by atoms with E-state index in [1.54, 1.807) is 6.20 Å². The second kappa shape index (κ2) is 4.94. The highest BCUT2D eigenvalue weighted by Crippen LogP contribution is 2.17. The first-order valence-electron chi connectivity index (χ1n) is 5.41. The average molecular weight is 220 g/mol. The van der Waals surface area contributed by atoms with Crippen LogP contribution in [0.4, 0.5) is 5.82 Å². The highest BCUT2D eigenvalue weighted by Gasteiger charge is 2.13. The maximum absolute atomic E-state index is 8.45. The van der Waals surface area contributed by atoms with Gasteiger partial charge in [0.25, 0.3) is 0 Å². The van der Waals surface area contributed by atoms with Crippen molar-refractivity contribution in [2.24, 2.45) is 5.16 Å². The Balaban J connectivity index is 2.21. The van der Waals surface area contributed by atoms with Gasteiger partial charge in [-0.15, -0.1) is 0 Å². The van der Waals surface area contributed by atoms with E-state index >= 15 is 0 Å². The first-order chi connectivity index (χ1) is 7.81. The Labute approximate surface area is 94.8 Å². The summed E-state index contributed by atoms with van der Waals surface area (Å²) in [7, 11) is 0.